The molecule has 0 bridgehead atoms. The largest absolute Gasteiger partial charge is 0.504 e. The summed E-state index contributed by atoms with van der Waals surface area (Å²) in [7, 11) is 1.46. The molecule has 5 heteroatoms. The number of hydrogen-bond donors (Lipinski definition) is 2. The maximum Gasteiger partial charge on any atom is 0.328 e. The van der Waals surface area contributed by atoms with Crippen molar-refractivity contribution in [1.29, 1.82) is 0 Å². The van der Waals surface area contributed by atoms with Gasteiger partial charge in [0.05, 0.1) is 7.11 Å². The molecule has 1 rings (SSSR count). The molecule has 1 aromatic rings. The van der Waals surface area contributed by atoms with E-state index < -0.39 is 5.97 Å². The van der Waals surface area contributed by atoms with Gasteiger partial charge >= 0.3 is 5.97 Å². The molecule has 0 spiro atoms. The van der Waals surface area contributed by atoms with Gasteiger partial charge in [-0.25, -0.2) is 4.79 Å². The lowest BCUT2D eigenvalue weighted by Crippen LogP contribution is -1.91. The van der Waals surface area contributed by atoms with E-state index in [9.17, 15) is 9.90 Å². The van der Waals surface area contributed by atoms with E-state index >= 15 is 0 Å². The maximum absolute atomic E-state index is 10.4. The number of phenolic OH excluding ortho intramolecular Hbond substituents is 1. The number of carboxylic acid groups (broad SMARTS) is 1. The Kier molecular flexibility index (Phi) is 4.90. The lowest BCUT2D eigenvalue weighted by molar-refractivity contribution is -0.131. The fourth-order valence-corrected chi connectivity index (χ4v) is 1.91. The number of aromatic hydroxyl groups is 1. The van der Waals surface area contributed by atoms with Crippen molar-refractivity contribution < 1.29 is 19.7 Å². The molecule has 0 amide bonds. The van der Waals surface area contributed by atoms with Crippen LogP contribution in [0.4, 0.5) is 0 Å². The zero-order valence-electron chi connectivity index (χ0n) is 9.64. The SMILES string of the molecule is COc1cc(/C=C/C(=O)O)cc(CSC)c1O. The first kappa shape index (κ1) is 13.4. The van der Waals surface area contributed by atoms with Gasteiger partial charge in [-0.2, -0.15) is 11.8 Å². The first-order valence-corrected chi connectivity index (χ1v) is 6.27. The first-order chi connectivity index (χ1) is 8.08. The minimum Gasteiger partial charge on any atom is -0.504 e. The van der Waals surface area contributed by atoms with Gasteiger partial charge in [-0.05, 0) is 30.0 Å². The van der Waals surface area contributed by atoms with E-state index in [-0.39, 0.29) is 5.75 Å². The van der Waals surface area contributed by atoms with E-state index in [0.29, 0.717) is 17.1 Å². The predicted octanol–water partition coefficient (Wildman–Crippen LogP) is 2.36. The third kappa shape index (κ3) is 3.71. The molecule has 0 aliphatic heterocycles. The van der Waals surface area contributed by atoms with Crippen LogP contribution >= 0.6 is 11.8 Å². The molecule has 0 radical (unpaired) electrons. The third-order valence-electron chi connectivity index (χ3n) is 2.11. The van der Waals surface area contributed by atoms with Crippen LogP contribution in [-0.4, -0.2) is 29.5 Å². The van der Waals surface area contributed by atoms with Crippen LogP contribution in [0.2, 0.25) is 0 Å². The van der Waals surface area contributed by atoms with Crippen molar-refractivity contribution in [3.05, 3.63) is 29.3 Å². The number of carbonyl (C=O) groups is 1. The standard InChI is InChI=1S/C12H14O4S/c1-16-10-6-8(3-4-11(13)14)5-9(7-17-2)12(10)15/h3-6,15H,7H2,1-2H3,(H,13,14)/b4-3+. The lowest BCUT2D eigenvalue weighted by Gasteiger charge is -2.09. The molecule has 0 aromatic heterocycles. The normalized spacial score (nSPS) is 10.7. The summed E-state index contributed by atoms with van der Waals surface area (Å²) in [5, 5.41) is 18.4. The number of aliphatic carboxylic acids is 1. The van der Waals surface area contributed by atoms with Gasteiger partial charge in [0.25, 0.3) is 0 Å². The molecule has 0 saturated heterocycles. The number of phenols is 1. The van der Waals surface area contributed by atoms with Crippen molar-refractivity contribution in [2.75, 3.05) is 13.4 Å². The molecule has 0 aliphatic rings. The monoisotopic (exact) mass is 254 g/mol. The van der Waals surface area contributed by atoms with Gasteiger partial charge in [-0.3, -0.25) is 0 Å². The van der Waals surface area contributed by atoms with Gasteiger partial charge in [0, 0.05) is 17.4 Å². The van der Waals surface area contributed by atoms with Crippen LogP contribution in [0.5, 0.6) is 11.5 Å². The highest BCUT2D eigenvalue weighted by Crippen LogP contribution is 2.33. The molecule has 0 atom stereocenters. The maximum atomic E-state index is 10.4. The van der Waals surface area contributed by atoms with Crippen LogP contribution in [0.1, 0.15) is 11.1 Å². The van der Waals surface area contributed by atoms with Crippen LogP contribution in [0.25, 0.3) is 6.08 Å². The summed E-state index contributed by atoms with van der Waals surface area (Å²) < 4.78 is 5.04. The predicted molar refractivity (Wildman–Crippen MR) is 68.5 cm³/mol. The van der Waals surface area contributed by atoms with Crippen molar-refractivity contribution in [3.63, 3.8) is 0 Å². The van der Waals surface area contributed by atoms with Gasteiger partial charge in [0.15, 0.2) is 11.5 Å². The number of thioether (sulfide) groups is 1. The quantitative estimate of drug-likeness (QED) is 0.790. The molecule has 0 aliphatic carbocycles. The van der Waals surface area contributed by atoms with Crippen LogP contribution in [0, 0.1) is 0 Å². The fraction of sp³-hybridized carbons (Fsp3) is 0.250. The number of hydrogen-bond acceptors (Lipinski definition) is 4. The fourth-order valence-electron chi connectivity index (χ4n) is 1.37. The molecule has 4 nitrogen and oxygen atoms in total. The minimum absolute atomic E-state index is 0.106. The van der Waals surface area contributed by atoms with Gasteiger partial charge in [0.2, 0.25) is 0 Å². The van der Waals surface area contributed by atoms with E-state index in [1.54, 1.807) is 23.9 Å². The van der Waals surface area contributed by atoms with Crippen molar-refractivity contribution >= 4 is 23.8 Å². The number of carboxylic acids is 1. The Morgan fingerprint density at radius 1 is 1.53 bits per heavy atom. The first-order valence-electron chi connectivity index (χ1n) is 4.88. The molecule has 92 valence electrons. The molecule has 0 fully saturated rings. The summed E-state index contributed by atoms with van der Waals surface area (Å²) >= 11 is 1.57. The number of ether oxygens (including phenoxy) is 1. The van der Waals surface area contributed by atoms with Gasteiger partial charge in [-0.15, -0.1) is 0 Å². The Bertz CT molecular complexity index is 440. The van der Waals surface area contributed by atoms with Crippen molar-refractivity contribution in [2.24, 2.45) is 0 Å². The van der Waals surface area contributed by atoms with Gasteiger partial charge in [0.1, 0.15) is 0 Å². The summed E-state index contributed by atoms with van der Waals surface area (Å²) in [5.41, 5.74) is 1.41. The smallest absolute Gasteiger partial charge is 0.328 e. The Morgan fingerprint density at radius 3 is 2.76 bits per heavy atom. The second-order valence-corrected chi connectivity index (χ2v) is 4.20. The van der Waals surface area contributed by atoms with Crippen LogP contribution in [-0.2, 0) is 10.5 Å². The number of benzene rings is 1. The zero-order chi connectivity index (χ0) is 12.8. The highest BCUT2D eigenvalue weighted by atomic mass is 32.2. The van der Waals surface area contributed by atoms with Gasteiger partial charge < -0.3 is 14.9 Å². The Morgan fingerprint density at radius 2 is 2.24 bits per heavy atom. The van der Waals surface area contributed by atoms with Crippen molar-refractivity contribution in [2.45, 2.75) is 5.75 Å². The van der Waals surface area contributed by atoms with E-state index in [0.717, 1.165) is 11.6 Å². The van der Waals surface area contributed by atoms with Crippen LogP contribution in [0.3, 0.4) is 0 Å². The van der Waals surface area contributed by atoms with Crippen molar-refractivity contribution in [3.8, 4) is 11.5 Å². The van der Waals surface area contributed by atoms with E-state index in [4.69, 9.17) is 9.84 Å². The third-order valence-corrected chi connectivity index (χ3v) is 2.71. The Balaban J connectivity index is 3.15. The van der Waals surface area contributed by atoms with Crippen LogP contribution < -0.4 is 4.74 Å². The van der Waals surface area contributed by atoms with E-state index in [2.05, 4.69) is 0 Å². The highest BCUT2D eigenvalue weighted by Gasteiger charge is 2.09. The molecule has 17 heavy (non-hydrogen) atoms. The summed E-state index contributed by atoms with van der Waals surface area (Å²) in [4.78, 5) is 10.4. The zero-order valence-corrected chi connectivity index (χ0v) is 10.5. The topological polar surface area (TPSA) is 66.8 Å². The second-order valence-electron chi connectivity index (χ2n) is 3.34. The average Bonchev–Trinajstić information content (AvgIpc) is 2.30. The molecule has 0 saturated carbocycles. The average molecular weight is 254 g/mol. The van der Waals surface area contributed by atoms with Crippen LogP contribution in [0.15, 0.2) is 18.2 Å². The second kappa shape index (κ2) is 6.20. The molecular formula is C12H14O4S. The molecule has 2 N–H and O–H groups in total. The Labute approximate surface area is 104 Å². The van der Waals surface area contributed by atoms with E-state index in [1.165, 1.54) is 13.2 Å². The molecule has 0 unspecified atom stereocenters. The van der Waals surface area contributed by atoms with Crippen molar-refractivity contribution in [1.82, 2.24) is 0 Å². The number of rotatable bonds is 5. The summed E-state index contributed by atoms with van der Waals surface area (Å²) in [5.74, 6) is 0.0797. The molecule has 0 heterocycles. The Hall–Kier alpha value is -1.62. The summed E-state index contributed by atoms with van der Waals surface area (Å²) in [6, 6.07) is 3.34. The summed E-state index contributed by atoms with van der Waals surface area (Å²) in [6.45, 7) is 0. The van der Waals surface area contributed by atoms with Gasteiger partial charge in [-0.1, -0.05) is 0 Å². The minimum atomic E-state index is -1.01. The highest BCUT2D eigenvalue weighted by molar-refractivity contribution is 7.97. The molecule has 1 aromatic carbocycles. The van der Waals surface area contributed by atoms with E-state index in [1.807, 2.05) is 6.26 Å². The lowest BCUT2D eigenvalue weighted by atomic mass is 10.1. The number of methoxy groups -OCH3 is 1. The summed E-state index contributed by atoms with van der Waals surface area (Å²) in [6.07, 6.45) is 4.44. The molecular weight excluding hydrogens is 240 g/mol.